The maximum Gasteiger partial charge on any atom is 0.214 e. The number of aliphatic hydroxyl groups is 5. The van der Waals surface area contributed by atoms with Crippen molar-refractivity contribution in [2.45, 2.75) is 55.1 Å². The summed E-state index contributed by atoms with van der Waals surface area (Å²) in [6.07, 6.45) is -8.32. The molecule has 2 aliphatic rings. The van der Waals surface area contributed by atoms with Crippen LogP contribution in [0.3, 0.4) is 0 Å². The Hall–Kier alpha value is 0.260. The SMILES string of the molecule is OC[C@H]1O[C@H](O[C@]2(CCl)O[C@H](CCl)[C@@H](O)[C@@H]2O)C[C@@H](O)[C@H]1O. The van der Waals surface area contributed by atoms with Gasteiger partial charge >= 0.3 is 0 Å². The predicted octanol–water partition coefficient (Wildman–Crippen LogP) is -1.87. The van der Waals surface area contributed by atoms with Gasteiger partial charge in [-0.3, -0.25) is 0 Å². The van der Waals surface area contributed by atoms with Crippen molar-refractivity contribution in [1.29, 1.82) is 0 Å². The Morgan fingerprint density at radius 3 is 2.27 bits per heavy atom. The number of rotatable bonds is 5. The maximum absolute atomic E-state index is 10.1. The van der Waals surface area contributed by atoms with Crippen LogP contribution in [0.2, 0.25) is 0 Å². The number of hydrogen-bond acceptors (Lipinski definition) is 8. The molecule has 2 heterocycles. The van der Waals surface area contributed by atoms with E-state index in [0.717, 1.165) is 0 Å². The number of ether oxygens (including phenoxy) is 3. The molecule has 0 aromatic carbocycles. The summed E-state index contributed by atoms with van der Waals surface area (Å²) in [7, 11) is 0. The molecule has 0 radical (unpaired) electrons. The van der Waals surface area contributed by atoms with E-state index in [2.05, 4.69) is 0 Å². The van der Waals surface area contributed by atoms with Crippen LogP contribution in [0.15, 0.2) is 0 Å². The summed E-state index contributed by atoms with van der Waals surface area (Å²) in [5.41, 5.74) is 0. The van der Waals surface area contributed by atoms with Gasteiger partial charge in [-0.15, -0.1) is 23.2 Å². The van der Waals surface area contributed by atoms with E-state index in [1.165, 1.54) is 0 Å². The topological polar surface area (TPSA) is 129 Å². The summed E-state index contributed by atoms with van der Waals surface area (Å²) in [4.78, 5) is 0. The van der Waals surface area contributed by atoms with Crippen molar-refractivity contribution in [1.82, 2.24) is 0 Å². The number of halogens is 2. The first-order valence-corrected chi connectivity index (χ1v) is 7.91. The van der Waals surface area contributed by atoms with Crippen molar-refractivity contribution < 1.29 is 39.7 Å². The largest absolute Gasteiger partial charge is 0.394 e. The lowest BCUT2D eigenvalue weighted by Gasteiger charge is -2.40. The molecule has 22 heavy (non-hydrogen) atoms. The van der Waals surface area contributed by atoms with Crippen molar-refractivity contribution in [3.8, 4) is 0 Å². The van der Waals surface area contributed by atoms with Crippen molar-refractivity contribution >= 4 is 23.2 Å². The smallest absolute Gasteiger partial charge is 0.214 e. The molecule has 8 nitrogen and oxygen atoms in total. The molecule has 10 heteroatoms. The highest BCUT2D eigenvalue weighted by Crippen LogP contribution is 2.37. The fraction of sp³-hybridized carbons (Fsp3) is 1.00. The van der Waals surface area contributed by atoms with Gasteiger partial charge in [0.2, 0.25) is 5.79 Å². The standard InChI is InChI=1S/C12H20Cl2O8/c13-2-6-10(18)11(19)12(4-14,21-6)22-8-1-5(16)9(17)7(3-15)20-8/h5-11,15-19H,1-4H2/t5-,6-,7-,8-,9-,10-,11+,12+/m1/s1. The van der Waals surface area contributed by atoms with Gasteiger partial charge in [0.15, 0.2) is 6.29 Å². The molecule has 5 N–H and O–H groups in total. The lowest BCUT2D eigenvalue weighted by atomic mass is 10.0. The second-order valence-corrected chi connectivity index (χ2v) is 5.97. The molecule has 0 spiro atoms. The van der Waals surface area contributed by atoms with Gasteiger partial charge < -0.3 is 39.7 Å². The van der Waals surface area contributed by atoms with Crippen LogP contribution < -0.4 is 0 Å². The van der Waals surface area contributed by atoms with E-state index in [-0.39, 0.29) is 18.2 Å². The van der Waals surface area contributed by atoms with Crippen LogP contribution in [0.4, 0.5) is 0 Å². The molecule has 0 amide bonds. The van der Waals surface area contributed by atoms with Gasteiger partial charge in [0.05, 0.1) is 24.5 Å². The Morgan fingerprint density at radius 1 is 1.09 bits per heavy atom. The Morgan fingerprint density at radius 2 is 1.77 bits per heavy atom. The Bertz CT molecular complexity index is 375. The lowest BCUT2D eigenvalue weighted by Crippen LogP contribution is -2.55. The monoisotopic (exact) mass is 362 g/mol. The molecular weight excluding hydrogens is 343 g/mol. The molecule has 0 unspecified atom stereocenters. The number of hydrogen-bond donors (Lipinski definition) is 5. The van der Waals surface area contributed by atoms with E-state index < -0.39 is 55.3 Å². The Labute approximate surface area is 137 Å². The van der Waals surface area contributed by atoms with Crippen LogP contribution in [0.5, 0.6) is 0 Å². The van der Waals surface area contributed by atoms with Crippen molar-refractivity contribution in [2.75, 3.05) is 18.4 Å². The number of alkyl halides is 2. The molecule has 8 atom stereocenters. The molecule has 2 aliphatic heterocycles. The average Bonchev–Trinajstić information content (AvgIpc) is 2.75. The van der Waals surface area contributed by atoms with Crippen LogP contribution in [-0.2, 0) is 14.2 Å². The van der Waals surface area contributed by atoms with Crippen LogP contribution in [-0.4, -0.2) is 92.6 Å². The van der Waals surface area contributed by atoms with E-state index in [4.69, 9.17) is 42.5 Å². The first-order chi connectivity index (χ1) is 10.4. The summed E-state index contributed by atoms with van der Waals surface area (Å²) >= 11 is 11.5. The normalized spacial score (nSPS) is 49.5. The molecule has 0 aromatic heterocycles. The fourth-order valence-corrected chi connectivity index (χ4v) is 3.12. The van der Waals surface area contributed by atoms with Crippen molar-refractivity contribution in [2.24, 2.45) is 0 Å². The molecule has 0 aromatic rings. The number of aliphatic hydroxyl groups excluding tert-OH is 5. The highest BCUT2D eigenvalue weighted by atomic mass is 35.5. The summed E-state index contributed by atoms with van der Waals surface area (Å²) in [5.74, 6) is -2.15. The van der Waals surface area contributed by atoms with Crippen LogP contribution >= 0.6 is 23.2 Å². The molecule has 2 fully saturated rings. The van der Waals surface area contributed by atoms with Gasteiger partial charge in [0.1, 0.15) is 30.5 Å². The first kappa shape index (κ1) is 18.6. The van der Waals surface area contributed by atoms with Crippen molar-refractivity contribution in [3.63, 3.8) is 0 Å². The van der Waals surface area contributed by atoms with Gasteiger partial charge in [-0.2, -0.15) is 0 Å². The molecule has 2 rings (SSSR count). The molecular formula is C12H20Cl2O8. The Balaban J connectivity index is 2.10. The summed E-state index contributed by atoms with van der Waals surface area (Å²) in [5, 5.41) is 48.6. The fourth-order valence-electron chi connectivity index (χ4n) is 2.59. The predicted molar refractivity (Wildman–Crippen MR) is 74.5 cm³/mol. The molecule has 2 saturated heterocycles. The van der Waals surface area contributed by atoms with E-state index in [9.17, 15) is 20.4 Å². The summed E-state index contributed by atoms with van der Waals surface area (Å²) in [6, 6.07) is 0. The van der Waals surface area contributed by atoms with E-state index in [1.54, 1.807) is 0 Å². The average molecular weight is 363 g/mol. The zero-order valence-electron chi connectivity index (χ0n) is 11.6. The summed E-state index contributed by atoms with van der Waals surface area (Å²) in [6.45, 7) is -0.525. The quantitative estimate of drug-likeness (QED) is 0.359. The second kappa shape index (κ2) is 7.43. The second-order valence-electron chi connectivity index (χ2n) is 5.39. The Kier molecular flexibility index (Phi) is 6.28. The highest BCUT2D eigenvalue weighted by molar-refractivity contribution is 6.19. The van der Waals surface area contributed by atoms with Gasteiger partial charge in [-0.05, 0) is 0 Å². The van der Waals surface area contributed by atoms with Gasteiger partial charge in [0.25, 0.3) is 0 Å². The molecule has 0 bridgehead atoms. The van der Waals surface area contributed by atoms with E-state index in [1.807, 2.05) is 0 Å². The highest BCUT2D eigenvalue weighted by Gasteiger charge is 2.56. The van der Waals surface area contributed by atoms with E-state index in [0.29, 0.717) is 0 Å². The minimum atomic E-state index is -1.76. The first-order valence-electron chi connectivity index (χ1n) is 6.84. The van der Waals surface area contributed by atoms with Crippen LogP contribution in [0, 0.1) is 0 Å². The zero-order chi connectivity index (χ0) is 16.5. The zero-order valence-corrected chi connectivity index (χ0v) is 13.1. The maximum atomic E-state index is 10.1. The molecule has 0 aliphatic carbocycles. The third kappa shape index (κ3) is 3.36. The minimum absolute atomic E-state index is 0.0770. The van der Waals surface area contributed by atoms with Gasteiger partial charge in [-0.1, -0.05) is 0 Å². The summed E-state index contributed by atoms with van der Waals surface area (Å²) < 4.78 is 16.3. The van der Waals surface area contributed by atoms with Gasteiger partial charge in [0, 0.05) is 6.42 Å². The van der Waals surface area contributed by atoms with E-state index >= 15 is 0 Å². The third-order valence-electron chi connectivity index (χ3n) is 3.89. The third-order valence-corrected chi connectivity index (χ3v) is 4.57. The minimum Gasteiger partial charge on any atom is -0.394 e. The molecule has 0 saturated carbocycles. The molecule has 130 valence electrons. The van der Waals surface area contributed by atoms with Crippen LogP contribution in [0.1, 0.15) is 6.42 Å². The van der Waals surface area contributed by atoms with Crippen LogP contribution in [0.25, 0.3) is 0 Å². The van der Waals surface area contributed by atoms with Gasteiger partial charge in [-0.25, -0.2) is 0 Å². The van der Waals surface area contributed by atoms with Crippen molar-refractivity contribution in [3.05, 3.63) is 0 Å². The lowest BCUT2D eigenvalue weighted by molar-refractivity contribution is -0.346.